The summed E-state index contributed by atoms with van der Waals surface area (Å²) in [7, 11) is 0. The average molecular weight is 336 g/mol. The Morgan fingerprint density at radius 1 is 1.08 bits per heavy atom. The standard InChI is InChI=1S/C18H28FN3.C2H6/c1-7-16(20)12(4)13(5)18(21)22-14(6)17-10(2)8-15(19)9-11(17)3;1-2/h8-9,14,22H,7,20-21H2,1-6H3;1-2H3/b16-12-,18-13+;. The van der Waals surface area contributed by atoms with Crippen molar-refractivity contribution in [3.63, 3.8) is 0 Å². The zero-order valence-electron chi connectivity index (χ0n) is 16.5. The third-order valence-corrected chi connectivity index (χ3v) is 4.19. The van der Waals surface area contributed by atoms with Crippen molar-refractivity contribution in [1.29, 1.82) is 0 Å². The second-order valence-electron chi connectivity index (χ2n) is 5.86. The molecule has 0 aliphatic carbocycles. The fraction of sp³-hybridized carbons (Fsp3) is 0.500. The summed E-state index contributed by atoms with van der Waals surface area (Å²) in [6.07, 6.45) is 0.794. The molecule has 0 saturated carbocycles. The van der Waals surface area contributed by atoms with E-state index in [0.717, 1.165) is 40.0 Å². The molecule has 0 aromatic heterocycles. The molecule has 3 nitrogen and oxygen atoms in total. The van der Waals surface area contributed by atoms with E-state index in [1.807, 2.05) is 55.4 Å². The summed E-state index contributed by atoms with van der Waals surface area (Å²) < 4.78 is 13.4. The van der Waals surface area contributed by atoms with Crippen molar-refractivity contribution in [2.24, 2.45) is 11.5 Å². The van der Waals surface area contributed by atoms with E-state index >= 15 is 0 Å². The van der Waals surface area contributed by atoms with Crippen LogP contribution in [0.5, 0.6) is 0 Å². The van der Waals surface area contributed by atoms with Gasteiger partial charge in [-0.15, -0.1) is 0 Å². The lowest BCUT2D eigenvalue weighted by Crippen LogP contribution is -2.26. The van der Waals surface area contributed by atoms with E-state index in [9.17, 15) is 4.39 Å². The van der Waals surface area contributed by atoms with E-state index in [0.29, 0.717) is 5.82 Å². The molecule has 0 fully saturated rings. The first-order valence-electron chi connectivity index (χ1n) is 8.64. The summed E-state index contributed by atoms with van der Waals surface area (Å²) in [6.45, 7) is 15.8. The molecule has 1 rings (SSSR count). The van der Waals surface area contributed by atoms with Gasteiger partial charge in [-0.3, -0.25) is 0 Å². The molecule has 0 aliphatic heterocycles. The molecule has 4 heteroatoms. The Morgan fingerprint density at radius 2 is 1.54 bits per heavy atom. The highest BCUT2D eigenvalue weighted by Crippen LogP contribution is 2.24. The number of hydrogen-bond donors (Lipinski definition) is 3. The summed E-state index contributed by atoms with van der Waals surface area (Å²) in [5, 5.41) is 3.30. The van der Waals surface area contributed by atoms with Crippen molar-refractivity contribution in [2.75, 3.05) is 0 Å². The van der Waals surface area contributed by atoms with Crippen LogP contribution in [0.15, 0.2) is 34.8 Å². The smallest absolute Gasteiger partial charge is 0.123 e. The van der Waals surface area contributed by atoms with Crippen LogP contribution in [0.3, 0.4) is 0 Å². The minimum Gasteiger partial charge on any atom is -0.402 e. The SMILES string of the molecule is CC.CC/C(N)=C(C)/C(C)=C(\N)NC(C)c1c(C)cc(F)cc1C. The van der Waals surface area contributed by atoms with Crippen molar-refractivity contribution in [2.45, 2.75) is 67.9 Å². The molecule has 0 spiro atoms. The van der Waals surface area contributed by atoms with E-state index in [1.165, 1.54) is 0 Å². The summed E-state index contributed by atoms with van der Waals surface area (Å²) >= 11 is 0. The van der Waals surface area contributed by atoms with Crippen molar-refractivity contribution in [3.8, 4) is 0 Å². The molecule has 1 atom stereocenters. The third kappa shape index (κ3) is 5.59. The first-order chi connectivity index (χ1) is 11.2. The molecule has 24 heavy (non-hydrogen) atoms. The summed E-state index contributed by atoms with van der Waals surface area (Å²) in [5.41, 5.74) is 17.9. The zero-order chi connectivity index (χ0) is 19.0. The second kappa shape index (κ2) is 10.0. The van der Waals surface area contributed by atoms with Crippen LogP contribution in [0.1, 0.15) is 70.7 Å². The predicted molar refractivity (Wildman–Crippen MR) is 103 cm³/mol. The van der Waals surface area contributed by atoms with Gasteiger partial charge in [0.15, 0.2) is 0 Å². The van der Waals surface area contributed by atoms with Crippen LogP contribution >= 0.6 is 0 Å². The molecule has 0 saturated heterocycles. The Morgan fingerprint density at radius 3 is 1.96 bits per heavy atom. The molecule has 5 N–H and O–H groups in total. The maximum atomic E-state index is 13.4. The Labute approximate surface area is 147 Å². The lowest BCUT2D eigenvalue weighted by atomic mass is 9.96. The third-order valence-electron chi connectivity index (χ3n) is 4.19. The molecular weight excluding hydrogens is 301 g/mol. The van der Waals surface area contributed by atoms with Gasteiger partial charge in [-0.2, -0.15) is 0 Å². The maximum absolute atomic E-state index is 13.4. The molecule has 1 aromatic carbocycles. The van der Waals surface area contributed by atoms with Crippen LogP contribution < -0.4 is 16.8 Å². The van der Waals surface area contributed by atoms with Gasteiger partial charge in [0.2, 0.25) is 0 Å². The van der Waals surface area contributed by atoms with Gasteiger partial charge in [0.25, 0.3) is 0 Å². The van der Waals surface area contributed by atoms with Crippen molar-refractivity contribution in [1.82, 2.24) is 5.32 Å². The van der Waals surface area contributed by atoms with E-state index in [1.54, 1.807) is 12.1 Å². The first-order valence-corrected chi connectivity index (χ1v) is 8.64. The summed E-state index contributed by atoms with van der Waals surface area (Å²) in [6, 6.07) is 3.09. The Bertz CT molecular complexity index is 592. The van der Waals surface area contributed by atoms with Crippen LogP contribution in [-0.2, 0) is 0 Å². The highest BCUT2D eigenvalue weighted by molar-refractivity contribution is 5.38. The van der Waals surface area contributed by atoms with Gasteiger partial charge in [-0.05, 0) is 81.0 Å². The highest BCUT2D eigenvalue weighted by Gasteiger charge is 2.14. The highest BCUT2D eigenvalue weighted by atomic mass is 19.1. The Kier molecular flexibility index (Phi) is 9.19. The van der Waals surface area contributed by atoms with Crippen molar-refractivity contribution in [3.05, 3.63) is 57.3 Å². The van der Waals surface area contributed by atoms with Gasteiger partial charge in [0, 0.05) is 5.70 Å². The van der Waals surface area contributed by atoms with Gasteiger partial charge < -0.3 is 16.8 Å². The first kappa shape index (κ1) is 22.0. The molecule has 0 bridgehead atoms. The number of nitrogens with one attached hydrogen (secondary N) is 1. The van der Waals surface area contributed by atoms with Gasteiger partial charge >= 0.3 is 0 Å². The molecule has 1 unspecified atom stereocenters. The van der Waals surface area contributed by atoms with E-state index < -0.39 is 0 Å². The number of benzene rings is 1. The maximum Gasteiger partial charge on any atom is 0.123 e. The average Bonchev–Trinajstić information content (AvgIpc) is 2.53. The Balaban J connectivity index is 0.00000254. The van der Waals surface area contributed by atoms with Crippen LogP contribution in [0.4, 0.5) is 4.39 Å². The normalized spacial score (nSPS) is 14.0. The van der Waals surface area contributed by atoms with Gasteiger partial charge in [-0.1, -0.05) is 20.8 Å². The largest absolute Gasteiger partial charge is 0.402 e. The number of hydrogen-bond acceptors (Lipinski definition) is 3. The van der Waals surface area contributed by atoms with Gasteiger partial charge in [-0.25, -0.2) is 4.39 Å². The fourth-order valence-electron chi connectivity index (χ4n) is 2.73. The number of rotatable bonds is 5. The molecule has 0 amide bonds. The molecule has 0 radical (unpaired) electrons. The van der Waals surface area contributed by atoms with Crippen LogP contribution in [-0.4, -0.2) is 0 Å². The van der Waals surface area contributed by atoms with Crippen LogP contribution in [0.25, 0.3) is 0 Å². The molecule has 0 aliphatic rings. The second-order valence-corrected chi connectivity index (χ2v) is 5.86. The molecular formula is C20H34FN3. The predicted octanol–water partition coefficient (Wildman–Crippen LogP) is 4.95. The van der Waals surface area contributed by atoms with E-state index in [2.05, 4.69) is 5.32 Å². The topological polar surface area (TPSA) is 64.1 Å². The lowest BCUT2D eigenvalue weighted by Gasteiger charge is -2.22. The van der Waals surface area contributed by atoms with Crippen LogP contribution in [0, 0.1) is 19.7 Å². The monoisotopic (exact) mass is 335 g/mol. The molecule has 136 valence electrons. The molecule has 1 aromatic rings. The zero-order valence-corrected chi connectivity index (χ0v) is 16.5. The number of aryl methyl sites for hydroxylation is 2. The summed E-state index contributed by atoms with van der Waals surface area (Å²) in [4.78, 5) is 0. The lowest BCUT2D eigenvalue weighted by molar-refractivity contribution is 0.609. The van der Waals surface area contributed by atoms with E-state index in [4.69, 9.17) is 11.5 Å². The minimum atomic E-state index is -0.208. The van der Waals surface area contributed by atoms with Crippen molar-refractivity contribution < 1.29 is 4.39 Å². The Hall–Kier alpha value is -1.97. The number of allylic oxidation sites excluding steroid dienone is 3. The van der Waals surface area contributed by atoms with E-state index in [-0.39, 0.29) is 11.9 Å². The fourth-order valence-corrected chi connectivity index (χ4v) is 2.73. The van der Waals surface area contributed by atoms with Gasteiger partial charge in [0.1, 0.15) is 5.82 Å². The number of nitrogens with two attached hydrogens (primary N) is 2. The summed E-state index contributed by atoms with van der Waals surface area (Å²) in [5.74, 6) is 0.393. The minimum absolute atomic E-state index is 0.00815. The van der Waals surface area contributed by atoms with Crippen molar-refractivity contribution >= 4 is 0 Å². The number of halogens is 1. The van der Waals surface area contributed by atoms with Gasteiger partial charge in [0.05, 0.1) is 11.9 Å². The van der Waals surface area contributed by atoms with Crippen LogP contribution in [0.2, 0.25) is 0 Å². The quantitative estimate of drug-likeness (QED) is 0.667. The molecule has 0 heterocycles.